The van der Waals surface area contributed by atoms with E-state index >= 15 is 4.39 Å². The number of aliphatic hydroxyl groups excluding tert-OH is 1. The van der Waals surface area contributed by atoms with Crippen LogP contribution in [0, 0.1) is 34.0 Å². The van der Waals surface area contributed by atoms with E-state index in [-0.39, 0.29) is 41.3 Å². The molecule has 0 aromatic heterocycles. The zero-order chi connectivity index (χ0) is 33.1. The van der Waals surface area contributed by atoms with E-state index in [2.05, 4.69) is 0 Å². The second-order valence-corrected chi connectivity index (χ2v) is 13.9. The number of halogens is 2. The van der Waals surface area contributed by atoms with Crippen LogP contribution < -0.4 is 4.74 Å². The largest absolute Gasteiger partial charge is 0.506 e. The molecule has 2 N–H and O–H groups in total. The maximum absolute atomic E-state index is 17.5. The van der Waals surface area contributed by atoms with E-state index < -0.39 is 57.1 Å². The van der Waals surface area contributed by atoms with Gasteiger partial charge in [0, 0.05) is 22.8 Å². The SMILES string of the molecule is C[C@]12C=CC(=O)C=C1CCC1C3CC[C@](OC(=O)c4ccc(Oc5ccc(C#N)c(O)c5)cc4)(C(=O)SCF)[C@@]3(C)C[C@H](O)C12F. The van der Waals surface area contributed by atoms with Gasteiger partial charge < -0.3 is 19.7 Å². The Kier molecular flexibility index (Phi) is 7.88. The Morgan fingerprint density at radius 1 is 1.11 bits per heavy atom. The fourth-order valence-electron chi connectivity index (χ4n) is 8.59. The van der Waals surface area contributed by atoms with E-state index in [1.54, 1.807) is 19.9 Å². The highest BCUT2D eigenvalue weighted by Crippen LogP contribution is 2.70. The van der Waals surface area contributed by atoms with E-state index in [4.69, 9.17) is 14.7 Å². The van der Waals surface area contributed by atoms with Crippen molar-refractivity contribution in [3.63, 3.8) is 0 Å². The number of thioether (sulfide) groups is 1. The van der Waals surface area contributed by atoms with E-state index in [0.29, 0.717) is 42.3 Å². The summed E-state index contributed by atoms with van der Waals surface area (Å²) in [5, 5.41) is 29.9. The standard InChI is InChI=1S/C35H33F2NO7S/c1-32-13-11-23(39)15-22(32)6-10-27-26-12-14-34(31(43)46-19-36,33(26,2)17-29(41)35(27,32)37)45-30(42)20-3-7-24(8-4-20)44-25-9-5-21(18-38)28(40)16-25/h3-5,7-9,11,13,15-16,26-27,29,40-41H,6,10,12,14,17,19H2,1-2H3/t26?,27?,29-,32-,33-,34-,35?/m0/s1. The molecule has 0 spiro atoms. The molecule has 0 aliphatic heterocycles. The summed E-state index contributed by atoms with van der Waals surface area (Å²) in [5.74, 6) is -1.90. The lowest BCUT2D eigenvalue weighted by Crippen LogP contribution is -2.69. The number of hydrogen-bond acceptors (Lipinski definition) is 9. The molecule has 2 aromatic rings. The van der Waals surface area contributed by atoms with E-state index in [0.717, 1.165) is 0 Å². The van der Waals surface area contributed by atoms with Gasteiger partial charge in [0.2, 0.25) is 5.12 Å². The lowest BCUT2D eigenvalue weighted by atomic mass is 9.45. The third-order valence-corrected chi connectivity index (χ3v) is 11.7. The zero-order valence-electron chi connectivity index (χ0n) is 25.3. The number of esters is 1. The zero-order valence-corrected chi connectivity index (χ0v) is 26.1. The van der Waals surface area contributed by atoms with Gasteiger partial charge in [0.05, 0.1) is 17.2 Å². The third kappa shape index (κ3) is 4.60. The minimum atomic E-state index is -2.13. The van der Waals surface area contributed by atoms with Gasteiger partial charge in [-0.2, -0.15) is 5.26 Å². The first-order valence-corrected chi connectivity index (χ1v) is 16.1. The van der Waals surface area contributed by atoms with Crippen LogP contribution in [0.25, 0.3) is 0 Å². The van der Waals surface area contributed by atoms with Crippen LogP contribution in [0.2, 0.25) is 0 Å². The number of rotatable bonds is 6. The Bertz CT molecular complexity index is 1720. The fraction of sp³-hybridized carbons (Fsp3) is 0.429. The monoisotopic (exact) mass is 649 g/mol. The van der Waals surface area contributed by atoms with Gasteiger partial charge in [-0.25, -0.2) is 13.6 Å². The number of carbonyl (C=O) groups excluding carboxylic acids is 3. The molecule has 3 saturated carbocycles. The minimum Gasteiger partial charge on any atom is -0.506 e. The van der Waals surface area contributed by atoms with Crippen LogP contribution in [0.15, 0.2) is 66.3 Å². The molecule has 3 fully saturated rings. The number of alkyl halides is 2. The van der Waals surface area contributed by atoms with Crippen molar-refractivity contribution in [1.29, 1.82) is 5.26 Å². The predicted molar refractivity (Wildman–Crippen MR) is 164 cm³/mol. The lowest BCUT2D eigenvalue weighted by Gasteiger charge is -2.62. The van der Waals surface area contributed by atoms with Crippen molar-refractivity contribution in [3.8, 4) is 23.3 Å². The number of fused-ring (bicyclic) bond motifs is 5. The first-order chi connectivity index (χ1) is 21.8. The Hall–Kier alpha value is -4.01. The first kappa shape index (κ1) is 32.0. The quantitative estimate of drug-likeness (QED) is 0.336. The normalized spacial score (nSPS) is 34.4. The molecule has 46 heavy (non-hydrogen) atoms. The summed E-state index contributed by atoms with van der Waals surface area (Å²) >= 11 is 0.397. The van der Waals surface area contributed by atoms with Crippen LogP contribution in [-0.2, 0) is 14.3 Å². The molecule has 4 aliphatic rings. The number of carbonyl (C=O) groups is 3. The van der Waals surface area contributed by atoms with Crippen LogP contribution in [0.4, 0.5) is 8.78 Å². The number of ketones is 1. The number of benzene rings is 2. The molecule has 0 saturated heterocycles. The first-order valence-electron chi connectivity index (χ1n) is 15.1. The second-order valence-electron chi connectivity index (χ2n) is 13.0. The van der Waals surface area contributed by atoms with Crippen LogP contribution in [0.1, 0.15) is 61.9 Å². The summed E-state index contributed by atoms with van der Waals surface area (Å²) in [6.45, 7) is 3.43. The van der Waals surface area contributed by atoms with Crippen molar-refractivity contribution in [2.45, 2.75) is 63.3 Å². The van der Waals surface area contributed by atoms with Crippen molar-refractivity contribution in [2.24, 2.45) is 22.7 Å². The Balaban J connectivity index is 1.29. The summed E-state index contributed by atoms with van der Waals surface area (Å²) in [5.41, 5.74) is -5.56. The summed E-state index contributed by atoms with van der Waals surface area (Å²) in [7, 11) is 0. The average Bonchev–Trinajstić information content (AvgIpc) is 3.30. The van der Waals surface area contributed by atoms with Gasteiger partial charge in [-0.15, -0.1) is 0 Å². The van der Waals surface area contributed by atoms with Crippen LogP contribution in [0.3, 0.4) is 0 Å². The molecule has 0 heterocycles. The number of aliphatic hydroxyl groups is 1. The highest BCUT2D eigenvalue weighted by molar-refractivity contribution is 8.13. The smallest absolute Gasteiger partial charge is 0.339 e. The Morgan fingerprint density at radius 3 is 2.50 bits per heavy atom. The number of phenols is 1. The van der Waals surface area contributed by atoms with Crippen molar-refractivity contribution in [1.82, 2.24) is 0 Å². The molecule has 11 heteroatoms. The van der Waals surface area contributed by atoms with Gasteiger partial charge in [0.25, 0.3) is 0 Å². The van der Waals surface area contributed by atoms with Crippen LogP contribution in [-0.4, -0.2) is 50.5 Å². The molecule has 3 unspecified atom stereocenters. The predicted octanol–water partition coefficient (Wildman–Crippen LogP) is 6.51. The third-order valence-electron chi connectivity index (χ3n) is 11.0. The number of nitrogens with zero attached hydrogens (tertiary/aromatic N) is 1. The van der Waals surface area contributed by atoms with Gasteiger partial charge in [0.1, 0.15) is 29.3 Å². The number of hydrogen-bond donors (Lipinski definition) is 2. The minimum absolute atomic E-state index is 0.0438. The number of allylic oxidation sites excluding steroid dienone is 4. The number of nitriles is 1. The van der Waals surface area contributed by atoms with Crippen molar-refractivity contribution in [3.05, 3.63) is 77.4 Å². The highest BCUT2D eigenvalue weighted by atomic mass is 32.2. The fourth-order valence-corrected chi connectivity index (χ4v) is 9.30. The highest BCUT2D eigenvalue weighted by Gasteiger charge is 2.75. The molecule has 2 aromatic carbocycles. The Morgan fingerprint density at radius 2 is 1.83 bits per heavy atom. The van der Waals surface area contributed by atoms with Crippen molar-refractivity contribution >= 4 is 28.6 Å². The van der Waals surface area contributed by atoms with Gasteiger partial charge >= 0.3 is 5.97 Å². The van der Waals surface area contributed by atoms with Crippen molar-refractivity contribution in [2.75, 3.05) is 6.01 Å². The molecule has 6 rings (SSSR count). The van der Waals surface area contributed by atoms with Gasteiger partial charge in [-0.3, -0.25) is 9.59 Å². The molecule has 0 amide bonds. The van der Waals surface area contributed by atoms with Gasteiger partial charge in [0.15, 0.2) is 17.1 Å². The average molecular weight is 650 g/mol. The Labute approximate surface area is 269 Å². The molecule has 0 radical (unpaired) electrons. The maximum Gasteiger partial charge on any atom is 0.339 e. The van der Waals surface area contributed by atoms with E-state index in [9.17, 15) is 29.0 Å². The van der Waals surface area contributed by atoms with Crippen LogP contribution in [0.5, 0.6) is 17.2 Å². The summed E-state index contributed by atoms with van der Waals surface area (Å²) in [6.07, 6.45) is 3.73. The summed E-state index contributed by atoms with van der Waals surface area (Å²) in [6, 6.07) is 10.9. The van der Waals surface area contributed by atoms with E-state index in [1.165, 1.54) is 54.6 Å². The van der Waals surface area contributed by atoms with Gasteiger partial charge in [-0.1, -0.05) is 18.6 Å². The van der Waals surface area contributed by atoms with E-state index in [1.807, 2.05) is 6.07 Å². The lowest BCUT2D eigenvalue weighted by molar-refractivity contribution is -0.214. The molecule has 8 nitrogen and oxygen atoms in total. The number of phenolic OH excluding ortho intramolecular Hbond substituents is 1. The second kappa shape index (κ2) is 11.4. The molecule has 0 bridgehead atoms. The molecule has 7 atom stereocenters. The number of ether oxygens (including phenoxy) is 2. The van der Waals surface area contributed by atoms with Crippen molar-refractivity contribution < 1.29 is 42.9 Å². The van der Waals surface area contributed by atoms with Crippen LogP contribution >= 0.6 is 11.8 Å². The summed E-state index contributed by atoms with van der Waals surface area (Å²) in [4.78, 5) is 39.5. The summed E-state index contributed by atoms with van der Waals surface area (Å²) < 4.78 is 43.0. The molecule has 240 valence electrons. The molecule has 4 aliphatic carbocycles. The molecular formula is C35H33F2NO7S. The molecular weight excluding hydrogens is 616 g/mol. The van der Waals surface area contributed by atoms with Gasteiger partial charge in [-0.05, 0) is 105 Å². The maximum atomic E-state index is 17.5. The topological polar surface area (TPSA) is 134 Å². The number of aromatic hydroxyl groups is 1.